The number of ether oxygens (including phenoxy) is 1. The highest BCUT2D eigenvalue weighted by molar-refractivity contribution is 9.10. The van der Waals surface area contributed by atoms with E-state index in [1.54, 1.807) is 0 Å². The predicted molar refractivity (Wildman–Crippen MR) is 69.7 cm³/mol. The number of benzene rings is 1. The average Bonchev–Trinajstić information content (AvgIpc) is 2.78. The molecule has 0 aromatic heterocycles. The van der Waals surface area contributed by atoms with Gasteiger partial charge in [-0.05, 0) is 31.0 Å². The highest BCUT2D eigenvalue weighted by Gasteiger charge is 2.30. The maximum atomic E-state index is 11.4. The van der Waals surface area contributed by atoms with Crippen LogP contribution >= 0.6 is 15.9 Å². The van der Waals surface area contributed by atoms with Crippen molar-refractivity contribution in [2.75, 3.05) is 11.9 Å². The van der Waals surface area contributed by atoms with Crippen LogP contribution in [0.15, 0.2) is 28.7 Å². The first-order valence-corrected chi connectivity index (χ1v) is 6.39. The van der Waals surface area contributed by atoms with Crippen LogP contribution in [0.2, 0.25) is 0 Å². The fourth-order valence-corrected chi connectivity index (χ4v) is 2.37. The number of carbonyl (C=O) groups is 1. The molecule has 4 nitrogen and oxygen atoms in total. The van der Waals surface area contributed by atoms with E-state index in [4.69, 9.17) is 10.5 Å². The first-order chi connectivity index (χ1) is 8.16. The molecule has 92 valence electrons. The van der Waals surface area contributed by atoms with Crippen molar-refractivity contribution in [3.8, 4) is 0 Å². The Balaban J connectivity index is 2.09. The smallest absolute Gasteiger partial charge is 0.242 e. The van der Waals surface area contributed by atoms with E-state index in [1.165, 1.54) is 0 Å². The van der Waals surface area contributed by atoms with Crippen LogP contribution in [-0.4, -0.2) is 24.7 Å². The summed E-state index contributed by atoms with van der Waals surface area (Å²) in [5.74, 6) is -0.378. The van der Waals surface area contributed by atoms with Crippen molar-refractivity contribution in [1.29, 1.82) is 0 Å². The number of hydrogen-bond donors (Lipinski definition) is 2. The molecule has 3 N–H and O–H groups in total. The highest BCUT2D eigenvalue weighted by Crippen LogP contribution is 2.21. The molecule has 1 saturated heterocycles. The van der Waals surface area contributed by atoms with Gasteiger partial charge in [0.25, 0.3) is 0 Å². The maximum Gasteiger partial charge on any atom is 0.242 e. The largest absolute Gasteiger partial charge is 0.376 e. The van der Waals surface area contributed by atoms with E-state index in [9.17, 15) is 4.79 Å². The third-order valence-electron chi connectivity index (χ3n) is 2.79. The van der Waals surface area contributed by atoms with Crippen molar-refractivity contribution < 1.29 is 9.53 Å². The van der Waals surface area contributed by atoms with Gasteiger partial charge in [-0.3, -0.25) is 4.79 Å². The molecular formula is C12H15BrN2O2. The molecule has 1 aliphatic heterocycles. The number of nitrogens with one attached hydrogen (secondary N) is 1. The lowest BCUT2D eigenvalue weighted by Crippen LogP contribution is -2.44. The van der Waals surface area contributed by atoms with Gasteiger partial charge in [0.2, 0.25) is 5.91 Å². The molecule has 1 fully saturated rings. The number of amides is 1. The summed E-state index contributed by atoms with van der Waals surface area (Å²) in [5.41, 5.74) is 6.27. The molecule has 2 rings (SSSR count). The molecule has 0 aliphatic carbocycles. The molecule has 5 heteroatoms. The van der Waals surface area contributed by atoms with Gasteiger partial charge >= 0.3 is 0 Å². The molecule has 1 amide bonds. The van der Waals surface area contributed by atoms with Gasteiger partial charge in [0.1, 0.15) is 6.04 Å². The summed E-state index contributed by atoms with van der Waals surface area (Å²) in [6, 6.07) is 7.17. The van der Waals surface area contributed by atoms with Crippen molar-refractivity contribution in [1.82, 2.24) is 0 Å². The first-order valence-electron chi connectivity index (χ1n) is 5.60. The Morgan fingerprint density at radius 1 is 1.59 bits per heavy atom. The number of rotatable bonds is 4. The molecule has 0 bridgehead atoms. The standard InChI is InChI=1S/C12H15BrN2O2/c13-8-3-1-4-9(7-8)15-11(12(14)16)10-5-2-6-17-10/h1,3-4,7,10-11,15H,2,5-6H2,(H2,14,16). The van der Waals surface area contributed by atoms with E-state index in [1.807, 2.05) is 24.3 Å². The van der Waals surface area contributed by atoms with Gasteiger partial charge in [0.15, 0.2) is 0 Å². The normalized spacial score (nSPS) is 21.1. The maximum absolute atomic E-state index is 11.4. The van der Waals surface area contributed by atoms with Gasteiger partial charge in [-0.25, -0.2) is 0 Å². The third kappa shape index (κ3) is 3.20. The molecule has 0 saturated carbocycles. The fraction of sp³-hybridized carbons (Fsp3) is 0.417. The summed E-state index contributed by atoms with van der Waals surface area (Å²) >= 11 is 3.39. The van der Waals surface area contributed by atoms with Crippen molar-refractivity contribution in [2.24, 2.45) is 5.73 Å². The monoisotopic (exact) mass is 298 g/mol. The minimum atomic E-state index is -0.466. The minimum Gasteiger partial charge on any atom is -0.376 e. The molecule has 0 radical (unpaired) electrons. The summed E-state index contributed by atoms with van der Waals surface area (Å²) in [5, 5.41) is 3.13. The second-order valence-electron chi connectivity index (χ2n) is 4.09. The van der Waals surface area contributed by atoms with Crippen molar-refractivity contribution in [3.63, 3.8) is 0 Å². The zero-order chi connectivity index (χ0) is 12.3. The quantitative estimate of drug-likeness (QED) is 0.892. The van der Waals surface area contributed by atoms with E-state index in [0.29, 0.717) is 6.61 Å². The topological polar surface area (TPSA) is 64.4 Å². The van der Waals surface area contributed by atoms with Gasteiger partial charge in [0.05, 0.1) is 6.10 Å². The lowest BCUT2D eigenvalue weighted by Gasteiger charge is -2.22. The zero-order valence-electron chi connectivity index (χ0n) is 9.36. The van der Waals surface area contributed by atoms with Crippen LogP contribution in [0.4, 0.5) is 5.69 Å². The summed E-state index contributed by atoms with van der Waals surface area (Å²) in [6.07, 6.45) is 1.73. The molecule has 1 aliphatic rings. The van der Waals surface area contributed by atoms with Gasteiger partial charge in [0, 0.05) is 16.8 Å². The van der Waals surface area contributed by atoms with E-state index >= 15 is 0 Å². The van der Waals surface area contributed by atoms with Crippen molar-refractivity contribution in [3.05, 3.63) is 28.7 Å². The van der Waals surface area contributed by atoms with Crippen LogP contribution in [0.25, 0.3) is 0 Å². The molecular weight excluding hydrogens is 284 g/mol. The Morgan fingerprint density at radius 3 is 3.00 bits per heavy atom. The van der Waals surface area contributed by atoms with E-state index in [-0.39, 0.29) is 12.0 Å². The van der Waals surface area contributed by atoms with Gasteiger partial charge in [-0.1, -0.05) is 22.0 Å². The van der Waals surface area contributed by atoms with Gasteiger partial charge in [-0.2, -0.15) is 0 Å². The summed E-state index contributed by atoms with van der Waals surface area (Å²) in [6.45, 7) is 0.703. The Labute approximate surface area is 109 Å². The minimum absolute atomic E-state index is 0.119. The number of primary amides is 1. The Bertz CT molecular complexity index is 405. The number of anilines is 1. The zero-order valence-corrected chi connectivity index (χ0v) is 10.9. The van der Waals surface area contributed by atoms with Crippen LogP contribution < -0.4 is 11.1 Å². The Kier molecular flexibility index (Phi) is 4.02. The van der Waals surface area contributed by atoms with Crippen LogP contribution in [0.5, 0.6) is 0 Å². The third-order valence-corrected chi connectivity index (χ3v) is 3.28. The van der Waals surface area contributed by atoms with E-state index in [0.717, 1.165) is 23.0 Å². The first kappa shape index (κ1) is 12.4. The van der Waals surface area contributed by atoms with E-state index in [2.05, 4.69) is 21.2 Å². The summed E-state index contributed by atoms with van der Waals surface area (Å²) < 4.78 is 6.46. The molecule has 2 unspecified atom stereocenters. The number of carbonyl (C=O) groups excluding carboxylic acids is 1. The molecule has 1 heterocycles. The van der Waals surface area contributed by atoms with Crippen LogP contribution in [-0.2, 0) is 9.53 Å². The Morgan fingerprint density at radius 2 is 2.41 bits per heavy atom. The van der Waals surface area contributed by atoms with Crippen molar-refractivity contribution in [2.45, 2.75) is 25.0 Å². The van der Waals surface area contributed by atoms with Gasteiger partial charge in [-0.15, -0.1) is 0 Å². The summed E-state index contributed by atoms with van der Waals surface area (Å²) in [7, 11) is 0. The highest BCUT2D eigenvalue weighted by atomic mass is 79.9. The van der Waals surface area contributed by atoms with Crippen LogP contribution in [0.1, 0.15) is 12.8 Å². The SMILES string of the molecule is NC(=O)C(Nc1cccc(Br)c1)C1CCCO1. The lowest BCUT2D eigenvalue weighted by molar-refractivity contribution is -0.121. The van der Waals surface area contributed by atoms with Gasteiger partial charge < -0.3 is 15.8 Å². The second-order valence-corrected chi connectivity index (χ2v) is 5.00. The van der Waals surface area contributed by atoms with Crippen LogP contribution in [0.3, 0.4) is 0 Å². The average molecular weight is 299 g/mol. The van der Waals surface area contributed by atoms with Crippen LogP contribution in [0, 0.1) is 0 Å². The molecule has 2 atom stereocenters. The molecule has 17 heavy (non-hydrogen) atoms. The summed E-state index contributed by atoms with van der Waals surface area (Å²) in [4.78, 5) is 11.4. The van der Waals surface area contributed by atoms with E-state index < -0.39 is 6.04 Å². The number of hydrogen-bond acceptors (Lipinski definition) is 3. The Hall–Kier alpha value is -1.07. The van der Waals surface area contributed by atoms with Crippen molar-refractivity contribution >= 4 is 27.5 Å². The number of halogens is 1. The molecule has 1 aromatic carbocycles. The second kappa shape index (κ2) is 5.51. The number of nitrogens with two attached hydrogens (primary N) is 1. The predicted octanol–water partition coefficient (Wildman–Crippen LogP) is 1.89. The fourth-order valence-electron chi connectivity index (χ4n) is 1.97. The molecule has 0 spiro atoms. The lowest BCUT2D eigenvalue weighted by atomic mass is 10.1. The molecule has 1 aromatic rings.